The van der Waals surface area contributed by atoms with E-state index in [0.29, 0.717) is 17.5 Å². The Balaban J connectivity index is 1.13. The Labute approximate surface area is 316 Å². The fourth-order valence-electron chi connectivity index (χ4n) is 8.02. The van der Waals surface area contributed by atoms with E-state index in [1.54, 1.807) is 0 Å². The van der Waals surface area contributed by atoms with Crippen molar-refractivity contribution >= 4 is 44.3 Å². The van der Waals surface area contributed by atoms with Crippen LogP contribution in [-0.2, 0) is 0 Å². The van der Waals surface area contributed by atoms with E-state index in [-0.39, 0.29) is 0 Å². The van der Waals surface area contributed by atoms with Crippen LogP contribution in [0.3, 0.4) is 0 Å². The normalized spacial score (nSPS) is 12.0. The molecule has 0 radical (unpaired) electrons. The van der Waals surface area contributed by atoms with E-state index < -0.39 is 0 Å². The molecule has 4 nitrogen and oxygen atoms in total. The monoisotopic (exact) mass is 706 g/mol. The Morgan fingerprint density at radius 3 is 1.70 bits per heavy atom. The maximum atomic E-state index is 5.15. The van der Waals surface area contributed by atoms with Gasteiger partial charge in [-0.15, -0.1) is 0 Å². The summed E-state index contributed by atoms with van der Waals surface area (Å²) in [6, 6.07) is 64.4. The van der Waals surface area contributed by atoms with Crippen LogP contribution in [0.25, 0.3) is 94.7 Å². The van der Waals surface area contributed by atoms with Gasteiger partial charge in [0.05, 0.1) is 16.7 Å². The fourth-order valence-corrected chi connectivity index (χ4v) is 9.18. The number of aromatic nitrogens is 4. The molecule has 1 aliphatic heterocycles. The fraction of sp³-hybridized carbons (Fsp3) is 0. The lowest BCUT2D eigenvalue weighted by molar-refractivity contribution is 1.07. The van der Waals surface area contributed by atoms with Gasteiger partial charge in [-0.1, -0.05) is 157 Å². The predicted octanol–water partition coefficient (Wildman–Crippen LogP) is 12.9. The highest BCUT2D eigenvalue weighted by atomic mass is 32.2. The molecule has 11 rings (SSSR count). The van der Waals surface area contributed by atoms with Crippen molar-refractivity contribution in [2.75, 3.05) is 0 Å². The van der Waals surface area contributed by atoms with Crippen LogP contribution in [0.15, 0.2) is 192 Å². The molecule has 0 spiro atoms. The second-order valence-corrected chi connectivity index (χ2v) is 14.7. The van der Waals surface area contributed by atoms with E-state index in [0.717, 1.165) is 27.9 Å². The molecule has 3 heterocycles. The summed E-state index contributed by atoms with van der Waals surface area (Å²) in [5.74, 6) is 1.97. The van der Waals surface area contributed by atoms with Crippen molar-refractivity contribution in [2.24, 2.45) is 0 Å². The first-order valence-corrected chi connectivity index (χ1v) is 18.9. The molecule has 10 aromatic rings. The zero-order valence-electron chi connectivity index (χ0n) is 29.0. The number of hydrogen-bond donors (Lipinski definition) is 0. The summed E-state index contributed by atoms with van der Waals surface area (Å²) in [5, 5.41) is 4.93. The smallest absolute Gasteiger partial charge is 0.164 e. The maximum Gasteiger partial charge on any atom is 0.164 e. The number of benzene rings is 8. The first kappa shape index (κ1) is 30.8. The molecule has 0 unspecified atom stereocenters. The SMILES string of the molecule is c1ccc(-c2ccc3c(c2)c2ccccc2n3-c2ccc3c4c(cccc24)-c2c(cccc2-c2nc(-c4ccccc4)nc(-c4ccccc4)n2)S3)cc1. The Bertz CT molecular complexity index is 3010. The van der Waals surface area contributed by atoms with Crippen molar-refractivity contribution in [3.05, 3.63) is 182 Å². The first-order chi connectivity index (χ1) is 26.8. The zero-order chi connectivity index (χ0) is 35.6. The summed E-state index contributed by atoms with van der Waals surface area (Å²) in [7, 11) is 0. The van der Waals surface area contributed by atoms with Gasteiger partial charge in [0, 0.05) is 53.6 Å². The standard InChI is InChI=1S/C49H30N4S/c1-4-14-31(15-5-1)34-26-27-42-39(30-34)35-20-10-11-24-40(35)53(42)41-28-29-44-45-36(41)21-12-22-37(45)46-38(23-13-25-43(46)54-44)49-51-47(32-16-6-2-7-17-32)50-48(52-49)33-18-8-3-9-19-33/h1-30H. The second kappa shape index (κ2) is 12.4. The van der Waals surface area contributed by atoms with Crippen LogP contribution < -0.4 is 0 Å². The van der Waals surface area contributed by atoms with Gasteiger partial charge in [0.25, 0.3) is 0 Å². The number of rotatable bonds is 5. The third kappa shape index (κ3) is 4.90. The highest BCUT2D eigenvalue weighted by Gasteiger charge is 2.26. The van der Waals surface area contributed by atoms with Gasteiger partial charge in [0.2, 0.25) is 0 Å². The molecule has 5 heteroatoms. The van der Waals surface area contributed by atoms with Crippen molar-refractivity contribution in [1.29, 1.82) is 0 Å². The maximum absolute atomic E-state index is 5.15. The minimum Gasteiger partial charge on any atom is -0.309 e. The van der Waals surface area contributed by atoms with Crippen LogP contribution >= 0.6 is 11.8 Å². The lowest BCUT2D eigenvalue weighted by atomic mass is 9.93. The average molecular weight is 707 g/mol. The summed E-state index contributed by atoms with van der Waals surface area (Å²) < 4.78 is 2.44. The molecule has 0 saturated carbocycles. The molecular formula is C49H30N4S. The van der Waals surface area contributed by atoms with E-state index in [4.69, 9.17) is 15.0 Å². The van der Waals surface area contributed by atoms with Crippen molar-refractivity contribution in [3.8, 4) is 62.1 Å². The largest absolute Gasteiger partial charge is 0.309 e. The second-order valence-electron chi connectivity index (χ2n) is 13.6. The Kier molecular flexibility index (Phi) is 7.07. The summed E-state index contributed by atoms with van der Waals surface area (Å²) in [5.41, 5.74) is 11.2. The van der Waals surface area contributed by atoms with Gasteiger partial charge >= 0.3 is 0 Å². The highest BCUT2D eigenvalue weighted by molar-refractivity contribution is 7.99. The molecule has 0 bridgehead atoms. The van der Waals surface area contributed by atoms with E-state index in [1.807, 2.05) is 48.2 Å². The topological polar surface area (TPSA) is 43.6 Å². The zero-order valence-corrected chi connectivity index (χ0v) is 29.8. The third-order valence-corrected chi connectivity index (χ3v) is 11.6. The summed E-state index contributed by atoms with van der Waals surface area (Å²) in [6.07, 6.45) is 0. The molecule has 0 aliphatic carbocycles. The molecule has 0 N–H and O–H groups in total. The van der Waals surface area contributed by atoms with Crippen molar-refractivity contribution in [3.63, 3.8) is 0 Å². The molecule has 0 atom stereocenters. The quantitative estimate of drug-likeness (QED) is 0.179. The molecule has 252 valence electrons. The van der Waals surface area contributed by atoms with Crippen LogP contribution in [-0.4, -0.2) is 19.5 Å². The number of fused-ring (bicyclic) bond motifs is 5. The molecule has 54 heavy (non-hydrogen) atoms. The van der Waals surface area contributed by atoms with Gasteiger partial charge in [0.15, 0.2) is 17.5 Å². The Hall–Kier alpha value is -6.82. The summed E-state index contributed by atoms with van der Waals surface area (Å²) in [4.78, 5) is 17.7. The molecule has 0 saturated heterocycles. The van der Waals surface area contributed by atoms with Gasteiger partial charge < -0.3 is 4.57 Å². The van der Waals surface area contributed by atoms with E-state index in [9.17, 15) is 0 Å². The van der Waals surface area contributed by atoms with Gasteiger partial charge in [0.1, 0.15) is 0 Å². The van der Waals surface area contributed by atoms with Crippen molar-refractivity contribution < 1.29 is 0 Å². The Morgan fingerprint density at radius 2 is 0.963 bits per heavy atom. The number of nitrogens with zero attached hydrogens (tertiary/aromatic N) is 4. The minimum absolute atomic E-state index is 0.656. The third-order valence-electron chi connectivity index (χ3n) is 10.5. The van der Waals surface area contributed by atoms with E-state index in [1.165, 1.54) is 59.1 Å². The van der Waals surface area contributed by atoms with Gasteiger partial charge in [-0.2, -0.15) is 0 Å². The average Bonchev–Trinajstić information content (AvgIpc) is 3.58. The lowest BCUT2D eigenvalue weighted by Crippen LogP contribution is -2.03. The first-order valence-electron chi connectivity index (χ1n) is 18.1. The van der Waals surface area contributed by atoms with Gasteiger partial charge in [-0.25, -0.2) is 15.0 Å². The van der Waals surface area contributed by atoms with Crippen molar-refractivity contribution in [2.45, 2.75) is 9.79 Å². The van der Waals surface area contributed by atoms with Gasteiger partial charge in [-0.05, 0) is 53.1 Å². The van der Waals surface area contributed by atoms with Gasteiger partial charge in [-0.3, -0.25) is 0 Å². The van der Waals surface area contributed by atoms with E-state index >= 15 is 0 Å². The molecule has 8 aromatic carbocycles. The Morgan fingerprint density at radius 1 is 0.370 bits per heavy atom. The van der Waals surface area contributed by atoms with Crippen molar-refractivity contribution in [1.82, 2.24) is 19.5 Å². The van der Waals surface area contributed by atoms with E-state index in [2.05, 4.69) is 150 Å². The molecule has 1 aliphatic rings. The molecular weight excluding hydrogens is 677 g/mol. The molecule has 0 amide bonds. The predicted molar refractivity (Wildman–Crippen MR) is 223 cm³/mol. The number of para-hydroxylation sites is 1. The van der Waals surface area contributed by atoms with Crippen LogP contribution in [0, 0.1) is 0 Å². The van der Waals surface area contributed by atoms with Crippen LogP contribution in [0.1, 0.15) is 0 Å². The number of hydrogen-bond acceptors (Lipinski definition) is 4. The summed E-state index contributed by atoms with van der Waals surface area (Å²) >= 11 is 1.82. The molecule has 2 aromatic heterocycles. The van der Waals surface area contributed by atoms with Crippen LogP contribution in [0.2, 0.25) is 0 Å². The molecule has 0 fully saturated rings. The lowest BCUT2D eigenvalue weighted by Gasteiger charge is -2.24. The van der Waals surface area contributed by atoms with Crippen LogP contribution in [0.4, 0.5) is 0 Å². The summed E-state index contributed by atoms with van der Waals surface area (Å²) in [6.45, 7) is 0. The highest BCUT2D eigenvalue weighted by Crippen LogP contribution is 2.52. The van der Waals surface area contributed by atoms with Crippen LogP contribution in [0.5, 0.6) is 0 Å². The minimum atomic E-state index is 0.656.